The van der Waals surface area contributed by atoms with Crippen molar-refractivity contribution in [1.29, 1.82) is 0 Å². The molecule has 2 nitrogen and oxygen atoms in total. The Morgan fingerprint density at radius 2 is 0.907 bits per heavy atom. The summed E-state index contributed by atoms with van der Waals surface area (Å²) in [5, 5.41) is 4.78. The fourth-order valence-corrected chi connectivity index (χ4v) is 7.81. The van der Waals surface area contributed by atoms with Crippen LogP contribution in [0.3, 0.4) is 0 Å². The number of fused-ring (bicyclic) bond motifs is 4. The quantitative estimate of drug-likeness (QED) is 0.166. The van der Waals surface area contributed by atoms with E-state index in [0.717, 1.165) is 50.1 Å². The van der Waals surface area contributed by atoms with Gasteiger partial charge in [0.15, 0.2) is 0 Å². The van der Waals surface area contributed by atoms with E-state index in [9.17, 15) is 0 Å². The molecule has 10 rings (SSSR count). The molecule has 2 heteroatoms. The monoisotopic (exact) mass is 689 g/mol. The van der Waals surface area contributed by atoms with Crippen molar-refractivity contribution in [2.24, 2.45) is 0 Å². The number of benzene rings is 9. The SMILES string of the molecule is c1ccc(-c2ccccc2N(c2ccc(-c3ccc(-c4ccc5ccccc5c4)cc3)cc2)c2cccc(-c3cccc4oc5ccccc5c34)c2)cc1. The fourth-order valence-electron chi connectivity index (χ4n) is 7.81. The van der Waals surface area contributed by atoms with E-state index in [1.54, 1.807) is 0 Å². The van der Waals surface area contributed by atoms with Gasteiger partial charge in [-0.1, -0.05) is 164 Å². The van der Waals surface area contributed by atoms with E-state index in [-0.39, 0.29) is 0 Å². The molecule has 0 bridgehead atoms. The zero-order valence-corrected chi connectivity index (χ0v) is 29.6. The predicted molar refractivity (Wildman–Crippen MR) is 228 cm³/mol. The van der Waals surface area contributed by atoms with Crippen LogP contribution in [0.25, 0.3) is 77.2 Å². The molecule has 254 valence electrons. The van der Waals surface area contributed by atoms with Gasteiger partial charge in [-0.3, -0.25) is 0 Å². The second kappa shape index (κ2) is 13.4. The molecule has 0 radical (unpaired) electrons. The molecular formula is C52H35NO. The lowest BCUT2D eigenvalue weighted by Gasteiger charge is -2.28. The van der Waals surface area contributed by atoms with E-state index in [1.165, 1.54) is 44.2 Å². The van der Waals surface area contributed by atoms with Crippen LogP contribution in [0.1, 0.15) is 0 Å². The summed E-state index contributed by atoms with van der Waals surface area (Å²) in [6, 6.07) is 75.9. The van der Waals surface area contributed by atoms with Crippen molar-refractivity contribution in [1.82, 2.24) is 0 Å². The number of furan rings is 1. The van der Waals surface area contributed by atoms with Crippen molar-refractivity contribution < 1.29 is 4.42 Å². The maximum Gasteiger partial charge on any atom is 0.136 e. The Labute approximate surface area is 314 Å². The van der Waals surface area contributed by atoms with Crippen LogP contribution in [0.4, 0.5) is 17.1 Å². The molecule has 0 saturated carbocycles. The van der Waals surface area contributed by atoms with Gasteiger partial charge in [0.05, 0.1) is 5.69 Å². The third kappa shape index (κ3) is 5.71. The average Bonchev–Trinajstić information content (AvgIpc) is 3.64. The van der Waals surface area contributed by atoms with Crippen molar-refractivity contribution in [2.45, 2.75) is 0 Å². The van der Waals surface area contributed by atoms with E-state index in [2.05, 4.69) is 205 Å². The molecule has 0 spiro atoms. The molecule has 10 aromatic rings. The molecule has 0 unspecified atom stereocenters. The van der Waals surface area contributed by atoms with Gasteiger partial charge in [0.1, 0.15) is 11.2 Å². The second-order valence-electron chi connectivity index (χ2n) is 13.7. The Hall–Kier alpha value is -7.16. The summed E-state index contributed by atoms with van der Waals surface area (Å²) in [6.45, 7) is 0. The fraction of sp³-hybridized carbons (Fsp3) is 0. The molecular weight excluding hydrogens is 655 g/mol. The molecule has 1 aromatic heterocycles. The molecule has 0 aliphatic rings. The topological polar surface area (TPSA) is 16.4 Å². The number of hydrogen-bond acceptors (Lipinski definition) is 2. The second-order valence-corrected chi connectivity index (χ2v) is 13.7. The smallest absolute Gasteiger partial charge is 0.136 e. The Balaban J connectivity index is 1.06. The molecule has 9 aromatic carbocycles. The highest BCUT2D eigenvalue weighted by Gasteiger charge is 2.19. The van der Waals surface area contributed by atoms with Crippen molar-refractivity contribution in [3.05, 3.63) is 212 Å². The largest absolute Gasteiger partial charge is 0.456 e. The molecule has 1 heterocycles. The summed E-state index contributed by atoms with van der Waals surface area (Å²) >= 11 is 0. The van der Waals surface area contributed by atoms with E-state index < -0.39 is 0 Å². The number of hydrogen-bond donors (Lipinski definition) is 0. The van der Waals surface area contributed by atoms with Crippen LogP contribution in [0.5, 0.6) is 0 Å². The minimum Gasteiger partial charge on any atom is -0.456 e. The van der Waals surface area contributed by atoms with Crippen molar-refractivity contribution in [3.63, 3.8) is 0 Å². The molecule has 0 saturated heterocycles. The Morgan fingerprint density at radius 1 is 0.315 bits per heavy atom. The molecule has 0 atom stereocenters. The first-order valence-corrected chi connectivity index (χ1v) is 18.4. The van der Waals surface area contributed by atoms with Gasteiger partial charge in [0.2, 0.25) is 0 Å². The highest BCUT2D eigenvalue weighted by molar-refractivity contribution is 6.12. The minimum absolute atomic E-state index is 0.895. The molecule has 0 N–H and O–H groups in total. The third-order valence-corrected chi connectivity index (χ3v) is 10.5. The van der Waals surface area contributed by atoms with Gasteiger partial charge in [0, 0.05) is 27.7 Å². The normalized spacial score (nSPS) is 11.3. The number of para-hydroxylation sites is 2. The highest BCUT2D eigenvalue weighted by atomic mass is 16.3. The zero-order chi connectivity index (χ0) is 35.8. The van der Waals surface area contributed by atoms with Crippen molar-refractivity contribution in [3.8, 4) is 44.5 Å². The lowest BCUT2D eigenvalue weighted by molar-refractivity contribution is 0.669. The molecule has 0 aliphatic carbocycles. The molecule has 0 fully saturated rings. The predicted octanol–water partition coefficient (Wildman–Crippen LogP) is 14.9. The van der Waals surface area contributed by atoms with Crippen LogP contribution in [-0.4, -0.2) is 0 Å². The summed E-state index contributed by atoms with van der Waals surface area (Å²) in [4.78, 5) is 2.38. The number of anilines is 3. The number of rotatable bonds is 7. The summed E-state index contributed by atoms with van der Waals surface area (Å²) < 4.78 is 6.28. The first-order valence-electron chi connectivity index (χ1n) is 18.4. The van der Waals surface area contributed by atoms with Crippen LogP contribution < -0.4 is 4.90 Å². The van der Waals surface area contributed by atoms with E-state index in [1.807, 2.05) is 12.1 Å². The van der Waals surface area contributed by atoms with Crippen LogP contribution >= 0.6 is 0 Å². The van der Waals surface area contributed by atoms with Gasteiger partial charge in [-0.25, -0.2) is 0 Å². The summed E-state index contributed by atoms with van der Waals surface area (Å²) in [7, 11) is 0. The van der Waals surface area contributed by atoms with Gasteiger partial charge in [-0.2, -0.15) is 0 Å². The first kappa shape index (κ1) is 31.6. The standard InChI is InChI=1S/C52H35NO/c1-2-13-40(14-3-1)46-18-6-8-21-49(46)53(45-17-10-16-43(35-45)47-20-11-23-51-52(47)48-19-7-9-22-50(48)54-51)44-32-30-38(31-33-44)37-24-26-39(27-25-37)42-29-28-36-12-4-5-15-41(36)34-42/h1-35H. The van der Waals surface area contributed by atoms with Crippen LogP contribution in [-0.2, 0) is 0 Å². The molecule has 54 heavy (non-hydrogen) atoms. The van der Waals surface area contributed by atoms with Crippen molar-refractivity contribution in [2.75, 3.05) is 4.90 Å². The average molecular weight is 690 g/mol. The molecule has 0 amide bonds. The molecule has 0 aliphatic heterocycles. The summed E-state index contributed by atoms with van der Waals surface area (Å²) in [5.74, 6) is 0. The van der Waals surface area contributed by atoms with Crippen LogP contribution in [0, 0.1) is 0 Å². The van der Waals surface area contributed by atoms with Gasteiger partial charge < -0.3 is 9.32 Å². The lowest BCUT2D eigenvalue weighted by atomic mass is 9.97. The minimum atomic E-state index is 0.895. The van der Waals surface area contributed by atoms with Gasteiger partial charge in [-0.15, -0.1) is 0 Å². The summed E-state index contributed by atoms with van der Waals surface area (Å²) in [6.07, 6.45) is 0. The Kier molecular flexibility index (Phi) is 7.85. The van der Waals surface area contributed by atoms with E-state index >= 15 is 0 Å². The van der Waals surface area contributed by atoms with Gasteiger partial charge in [-0.05, 0) is 98.2 Å². The zero-order valence-electron chi connectivity index (χ0n) is 29.6. The maximum absolute atomic E-state index is 6.28. The van der Waals surface area contributed by atoms with Gasteiger partial charge in [0.25, 0.3) is 0 Å². The van der Waals surface area contributed by atoms with Crippen LogP contribution in [0.2, 0.25) is 0 Å². The maximum atomic E-state index is 6.28. The van der Waals surface area contributed by atoms with E-state index in [4.69, 9.17) is 4.42 Å². The van der Waals surface area contributed by atoms with Crippen molar-refractivity contribution >= 4 is 49.8 Å². The third-order valence-electron chi connectivity index (χ3n) is 10.5. The van der Waals surface area contributed by atoms with E-state index in [0.29, 0.717) is 0 Å². The Bertz CT molecular complexity index is 2920. The number of nitrogens with zero attached hydrogens (tertiary/aromatic N) is 1. The highest BCUT2D eigenvalue weighted by Crippen LogP contribution is 2.44. The first-order chi connectivity index (χ1) is 26.8. The van der Waals surface area contributed by atoms with Gasteiger partial charge >= 0.3 is 0 Å². The lowest BCUT2D eigenvalue weighted by Crippen LogP contribution is -2.11. The van der Waals surface area contributed by atoms with Crippen LogP contribution in [0.15, 0.2) is 217 Å². The summed E-state index contributed by atoms with van der Waals surface area (Å²) in [5.41, 5.74) is 14.5. The Morgan fingerprint density at radius 3 is 1.74 bits per heavy atom.